The van der Waals surface area contributed by atoms with E-state index in [1.165, 1.54) is 24.6 Å². The van der Waals surface area contributed by atoms with Crippen molar-refractivity contribution in [2.24, 2.45) is 13.0 Å². The van der Waals surface area contributed by atoms with E-state index in [-0.39, 0.29) is 6.03 Å². The highest BCUT2D eigenvalue weighted by atomic mass is 16.2. The predicted molar refractivity (Wildman–Crippen MR) is 97.0 cm³/mol. The molecule has 2 N–H and O–H groups in total. The van der Waals surface area contributed by atoms with Gasteiger partial charge in [-0.05, 0) is 37.7 Å². The lowest BCUT2D eigenvalue weighted by atomic mass is 9.85. The lowest BCUT2D eigenvalue weighted by Crippen LogP contribution is -2.44. The summed E-state index contributed by atoms with van der Waals surface area (Å²) in [6, 6.07) is 8.49. The number of amides is 2. The van der Waals surface area contributed by atoms with Crippen molar-refractivity contribution in [1.82, 2.24) is 20.4 Å². The predicted octanol–water partition coefficient (Wildman–Crippen LogP) is 3.38. The molecule has 5 heteroatoms. The van der Waals surface area contributed by atoms with E-state index in [0.717, 1.165) is 36.4 Å². The van der Waals surface area contributed by atoms with Gasteiger partial charge in [0.2, 0.25) is 0 Å². The molecule has 1 aliphatic carbocycles. The average Bonchev–Trinajstić information content (AvgIpc) is 2.92. The second-order valence-electron chi connectivity index (χ2n) is 6.86. The Bertz CT molecular complexity index is 686. The Hall–Kier alpha value is -2.04. The molecule has 0 atom stereocenters. The van der Waals surface area contributed by atoms with Gasteiger partial charge in [0.25, 0.3) is 0 Å². The highest BCUT2D eigenvalue weighted by Gasteiger charge is 2.21. The zero-order valence-corrected chi connectivity index (χ0v) is 14.7. The molecule has 0 saturated heterocycles. The molecule has 1 heterocycles. The lowest BCUT2D eigenvalue weighted by molar-refractivity contribution is 0.226. The maximum absolute atomic E-state index is 12.1. The van der Waals surface area contributed by atoms with Gasteiger partial charge in [0, 0.05) is 31.4 Å². The number of hydrogen-bond acceptors (Lipinski definition) is 2. The van der Waals surface area contributed by atoms with Crippen molar-refractivity contribution in [1.29, 1.82) is 0 Å². The minimum absolute atomic E-state index is 0.0461. The van der Waals surface area contributed by atoms with Crippen LogP contribution < -0.4 is 10.6 Å². The van der Waals surface area contributed by atoms with Gasteiger partial charge in [-0.1, -0.05) is 31.5 Å². The van der Waals surface area contributed by atoms with Gasteiger partial charge < -0.3 is 10.6 Å². The molecule has 1 fully saturated rings. The Kier molecular flexibility index (Phi) is 5.38. The molecule has 1 saturated carbocycles. The summed E-state index contributed by atoms with van der Waals surface area (Å²) in [5, 5.41) is 11.8. The van der Waals surface area contributed by atoms with Crippen LogP contribution in [0.3, 0.4) is 0 Å². The normalized spacial score (nSPS) is 20.9. The summed E-state index contributed by atoms with van der Waals surface area (Å²) in [6.45, 7) is 2.86. The van der Waals surface area contributed by atoms with E-state index in [0.29, 0.717) is 12.6 Å². The van der Waals surface area contributed by atoms with Gasteiger partial charge in [-0.15, -0.1) is 0 Å². The SMILES string of the molecule is CCC1CCC(NC(=O)NCCc2nn(C)c3ccccc23)CC1. The largest absolute Gasteiger partial charge is 0.338 e. The average molecular weight is 328 g/mol. The Morgan fingerprint density at radius 2 is 2.00 bits per heavy atom. The zero-order valence-electron chi connectivity index (χ0n) is 14.7. The molecule has 0 radical (unpaired) electrons. The smallest absolute Gasteiger partial charge is 0.315 e. The van der Waals surface area contributed by atoms with Crippen molar-refractivity contribution < 1.29 is 4.79 Å². The van der Waals surface area contributed by atoms with Gasteiger partial charge in [-0.2, -0.15) is 5.10 Å². The first-order valence-electron chi connectivity index (χ1n) is 9.12. The van der Waals surface area contributed by atoms with Crippen molar-refractivity contribution in [3.8, 4) is 0 Å². The summed E-state index contributed by atoms with van der Waals surface area (Å²) >= 11 is 0. The number of benzene rings is 1. The molecule has 2 aromatic rings. The minimum Gasteiger partial charge on any atom is -0.338 e. The minimum atomic E-state index is -0.0461. The summed E-state index contributed by atoms with van der Waals surface area (Å²) in [4.78, 5) is 12.1. The molecule has 0 spiro atoms. The van der Waals surface area contributed by atoms with Crippen molar-refractivity contribution in [2.45, 2.75) is 51.5 Å². The molecular weight excluding hydrogens is 300 g/mol. The van der Waals surface area contributed by atoms with Crippen LogP contribution in [0.25, 0.3) is 10.9 Å². The molecule has 1 aromatic carbocycles. The first kappa shape index (κ1) is 16.8. The molecule has 3 rings (SSSR count). The highest BCUT2D eigenvalue weighted by Crippen LogP contribution is 2.26. The molecule has 130 valence electrons. The number of rotatable bonds is 5. The number of urea groups is 1. The molecule has 5 nitrogen and oxygen atoms in total. The number of para-hydroxylation sites is 1. The van der Waals surface area contributed by atoms with E-state index in [4.69, 9.17) is 0 Å². The standard InChI is InChI=1S/C19H28N4O/c1-3-14-8-10-15(11-9-14)21-19(24)20-13-12-17-16-6-4-5-7-18(16)23(2)22-17/h4-7,14-15H,3,8-13H2,1-2H3,(H2,20,21,24). The van der Waals surface area contributed by atoms with Gasteiger partial charge in [0.15, 0.2) is 0 Å². The fourth-order valence-electron chi connectivity index (χ4n) is 3.72. The third-order valence-electron chi connectivity index (χ3n) is 5.24. The van der Waals surface area contributed by atoms with Crippen LogP contribution in [0.2, 0.25) is 0 Å². The van der Waals surface area contributed by atoms with Crippen molar-refractivity contribution in [3.63, 3.8) is 0 Å². The molecule has 24 heavy (non-hydrogen) atoms. The summed E-state index contributed by atoms with van der Waals surface area (Å²) in [6.07, 6.45) is 6.70. The Balaban J connectivity index is 1.45. The molecule has 0 aliphatic heterocycles. The van der Waals surface area contributed by atoms with Gasteiger partial charge in [-0.25, -0.2) is 4.79 Å². The lowest BCUT2D eigenvalue weighted by Gasteiger charge is -2.28. The number of aryl methyl sites for hydroxylation is 1. The molecule has 1 aliphatic rings. The highest BCUT2D eigenvalue weighted by molar-refractivity contribution is 5.82. The van der Waals surface area contributed by atoms with Crippen LogP contribution >= 0.6 is 0 Å². The first-order valence-corrected chi connectivity index (χ1v) is 9.12. The number of carbonyl (C=O) groups excluding carboxylic acids is 1. The van der Waals surface area contributed by atoms with Crippen LogP contribution in [0.5, 0.6) is 0 Å². The third kappa shape index (κ3) is 3.89. The number of hydrogen-bond donors (Lipinski definition) is 2. The second-order valence-corrected chi connectivity index (χ2v) is 6.86. The van der Waals surface area contributed by atoms with E-state index < -0.39 is 0 Å². The molecule has 2 amide bonds. The second kappa shape index (κ2) is 7.69. The summed E-state index contributed by atoms with van der Waals surface area (Å²) in [7, 11) is 1.96. The van der Waals surface area contributed by atoms with Crippen molar-refractivity contribution >= 4 is 16.9 Å². The monoisotopic (exact) mass is 328 g/mol. The quantitative estimate of drug-likeness (QED) is 0.884. The molecule has 0 unspecified atom stereocenters. The van der Waals surface area contributed by atoms with Gasteiger partial charge in [0.1, 0.15) is 0 Å². The number of aromatic nitrogens is 2. The maximum atomic E-state index is 12.1. The van der Waals surface area contributed by atoms with Crippen molar-refractivity contribution in [2.75, 3.05) is 6.54 Å². The van der Waals surface area contributed by atoms with Crippen LogP contribution in [-0.4, -0.2) is 28.4 Å². The first-order chi connectivity index (χ1) is 11.7. The van der Waals surface area contributed by atoms with Gasteiger partial charge in [0.05, 0.1) is 11.2 Å². The van der Waals surface area contributed by atoms with Crippen LogP contribution in [0, 0.1) is 5.92 Å². The van der Waals surface area contributed by atoms with Gasteiger partial charge in [-0.3, -0.25) is 4.68 Å². The van der Waals surface area contributed by atoms with Crippen molar-refractivity contribution in [3.05, 3.63) is 30.0 Å². The number of nitrogens with one attached hydrogen (secondary N) is 2. The van der Waals surface area contributed by atoms with Crippen LogP contribution in [0.15, 0.2) is 24.3 Å². The zero-order chi connectivity index (χ0) is 16.9. The third-order valence-corrected chi connectivity index (χ3v) is 5.24. The van der Waals surface area contributed by atoms with E-state index in [9.17, 15) is 4.79 Å². The van der Waals surface area contributed by atoms with E-state index in [1.807, 2.05) is 23.9 Å². The van der Waals surface area contributed by atoms with Crippen LogP contribution in [0.1, 0.15) is 44.7 Å². The molecular formula is C19H28N4O. The summed E-state index contributed by atoms with van der Waals surface area (Å²) < 4.78 is 1.90. The van der Waals surface area contributed by atoms with Crippen LogP contribution in [-0.2, 0) is 13.5 Å². The number of carbonyl (C=O) groups is 1. The fourth-order valence-corrected chi connectivity index (χ4v) is 3.72. The molecule has 1 aromatic heterocycles. The summed E-state index contributed by atoms with van der Waals surface area (Å²) in [5.74, 6) is 0.851. The number of fused-ring (bicyclic) bond motifs is 1. The Morgan fingerprint density at radius 3 is 2.75 bits per heavy atom. The Labute approximate surface area is 143 Å². The fraction of sp³-hybridized carbons (Fsp3) is 0.579. The topological polar surface area (TPSA) is 59.0 Å². The molecule has 0 bridgehead atoms. The van der Waals surface area contributed by atoms with Crippen LogP contribution in [0.4, 0.5) is 4.79 Å². The number of nitrogens with zero attached hydrogens (tertiary/aromatic N) is 2. The summed E-state index contributed by atoms with van der Waals surface area (Å²) in [5.41, 5.74) is 2.17. The Morgan fingerprint density at radius 1 is 1.25 bits per heavy atom. The maximum Gasteiger partial charge on any atom is 0.315 e. The van der Waals surface area contributed by atoms with E-state index in [2.05, 4.69) is 34.8 Å². The van der Waals surface area contributed by atoms with Gasteiger partial charge >= 0.3 is 6.03 Å². The van der Waals surface area contributed by atoms with E-state index >= 15 is 0 Å². The van der Waals surface area contributed by atoms with E-state index in [1.54, 1.807) is 0 Å².